The van der Waals surface area contributed by atoms with E-state index in [1.807, 2.05) is 0 Å². The van der Waals surface area contributed by atoms with Crippen LogP contribution in [0.25, 0.3) is 0 Å². The molecular weight excluding hydrogens is 369 g/mol. The van der Waals surface area contributed by atoms with Gasteiger partial charge >= 0.3 is 0 Å². The molecule has 142 valence electrons. The van der Waals surface area contributed by atoms with Crippen molar-refractivity contribution in [3.8, 4) is 0 Å². The van der Waals surface area contributed by atoms with Crippen molar-refractivity contribution >= 4 is 29.1 Å². The lowest BCUT2D eigenvalue weighted by Gasteiger charge is -2.16. The van der Waals surface area contributed by atoms with Gasteiger partial charge in [-0.2, -0.15) is 0 Å². The van der Waals surface area contributed by atoms with E-state index < -0.39 is 11.7 Å². The molecule has 0 spiro atoms. The maximum absolute atomic E-state index is 13.2. The van der Waals surface area contributed by atoms with Crippen LogP contribution in [-0.4, -0.2) is 22.8 Å². The van der Waals surface area contributed by atoms with Gasteiger partial charge in [-0.3, -0.25) is 14.6 Å². The van der Waals surface area contributed by atoms with Crippen LogP contribution < -0.4 is 10.6 Å². The van der Waals surface area contributed by atoms with Gasteiger partial charge in [0.15, 0.2) is 0 Å². The third-order valence-electron chi connectivity index (χ3n) is 4.62. The van der Waals surface area contributed by atoms with Gasteiger partial charge in [-0.25, -0.2) is 4.39 Å². The summed E-state index contributed by atoms with van der Waals surface area (Å²) in [6, 6.07) is 7.04. The average molecular weight is 390 g/mol. The largest absolute Gasteiger partial charge is 0.348 e. The maximum Gasteiger partial charge on any atom is 0.270 e. The van der Waals surface area contributed by atoms with Crippen molar-refractivity contribution in [3.63, 3.8) is 0 Å². The zero-order valence-electron chi connectivity index (χ0n) is 14.8. The van der Waals surface area contributed by atoms with E-state index in [4.69, 9.17) is 11.6 Å². The molecule has 3 rings (SSSR count). The molecule has 7 heteroatoms. The highest BCUT2D eigenvalue weighted by molar-refractivity contribution is 6.31. The minimum absolute atomic E-state index is 0.0778. The van der Waals surface area contributed by atoms with E-state index in [0.717, 1.165) is 25.7 Å². The van der Waals surface area contributed by atoms with Gasteiger partial charge in [0.2, 0.25) is 0 Å². The van der Waals surface area contributed by atoms with Crippen LogP contribution in [0.4, 0.5) is 10.1 Å². The summed E-state index contributed by atoms with van der Waals surface area (Å²) in [5.74, 6) is -1.26. The molecular formula is C20H21ClFN3O2. The fourth-order valence-electron chi connectivity index (χ4n) is 3.16. The molecule has 1 aliphatic rings. The SMILES string of the molecule is O=C(Nc1ccc(F)c(Cl)c1)c1ccnc(C(=O)NC2CCCCCC2)c1. The number of carbonyl (C=O) groups excluding carboxylic acids is 2. The van der Waals surface area contributed by atoms with E-state index in [1.54, 1.807) is 0 Å². The predicted molar refractivity (Wildman–Crippen MR) is 103 cm³/mol. The van der Waals surface area contributed by atoms with E-state index in [2.05, 4.69) is 15.6 Å². The van der Waals surface area contributed by atoms with Crippen LogP contribution in [0, 0.1) is 5.82 Å². The summed E-state index contributed by atoms with van der Waals surface area (Å²) in [7, 11) is 0. The number of nitrogens with one attached hydrogen (secondary N) is 2. The van der Waals surface area contributed by atoms with Crippen molar-refractivity contribution in [2.24, 2.45) is 0 Å². The van der Waals surface area contributed by atoms with Gasteiger partial charge in [-0.05, 0) is 43.2 Å². The number of amides is 2. The summed E-state index contributed by atoms with van der Waals surface area (Å²) in [5.41, 5.74) is 0.855. The van der Waals surface area contributed by atoms with Crippen LogP contribution in [0.1, 0.15) is 59.4 Å². The fraction of sp³-hybridized carbons (Fsp3) is 0.350. The van der Waals surface area contributed by atoms with E-state index in [-0.39, 0.29) is 28.2 Å². The highest BCUT2D eigenvalue weighted by atomic mass is 35.5. The molecule has 0 saturated heterocycles. The Morgan fingerprint density at radius 3 is 2.48 bits per heavy atom. The van der Waals surface area contributed by atoms with Gasteiger partial charge in [-0.1, -0.05) is 37.3 Å². The van der Waals surface area contributed by atoms with Crippen LogP contribution in [0.2, 0.25) is 5.02 Å². The molecule has 1 heterocycles. The molecule has 1 saturated carbocycles. The molecule has 0 aliphatic heterocycles. The quantitative estimate of drug-likeness (QED) is 0.752. The summed E-state index contributed by atoms with van der Waals surface area (Å²) in [4.78, 5) is 29.0. The Kier molecular flexibility index (Phi) is 6.40. The molecule has 0 radical (unpaired) electrons. The van der Waals surface area contributed by atoms with Gasteiger partial charge in [-0.15, -0.1) is 0 Å². The zero-order valence-corrected chi connectivity index (χ0v) is 15.6. The van der Waals surface area contributed by atoms with E-state index in [9.17, 15) is 14.0 Å². The Morgan fingerprint density at radius 1 is 1.04 bits per heavy atom. The van der Waals surface area contributed by atoms with Crippen LogP contribution in [0.15, 0.2) is 36.5 Å². The van der Waals surface area contributed by atoms with Gasteiger partial charge in [0.05, 0.1) is 5.02 Å². The molecule has 2 aromatic rings. The molecule has 27 heavy (non-hydrogen) atoms. The standard InChI is InChI=1S/C20H21ClFN3O2/c21-16-12-15(7-8-17(16)22)25-19(26)13-9-10-23-18(11-13)20(27)24-14-5-3-1-2-4-6-14/h7-12,14H,1-6H2,(H,24,27)(H,25,26). The number of nitrogens with zero attached hydrogens (tertiary/aromatic N) is 1. The molecule has 1 fully saturated rings. The normalized spacial score (nSPS) is 15.0. The van der Waals surface area contributed by atoms with Gasteiger partial charge < -0.3 is 10.6 Å². The smallest absolute Gasteiger partial charge is 0.270 e. The molecule has 5 nitrogen and oxygen atoms in total. The third-order valence-corrected chi connectivity index (χ3v) is 4.91. The molecule has 2 N–H and O–H groups in total. The second kappa shape index (κ2) is 8.95. The number of anilines is 1. The van der Waals surface area contributed by atoms with Crippen molar-refractivity contribution in [1.29, 1.82) is 0 Å². The highest BCUT2D eigenvalue weighted by Crippen LogP contribution is 2.20. The van der Waals surface area contributed by atoms with Crippen molar-refractivity contribution in [2.75, 3.05) is 5.32 Å². The first-order valence-electron chi connectivity index (χ1n) is 9.06. The summed E-state index contributed by atoms with van der Waals surface area (Å²) < 4.78 is 13.2. The topological polar surface area (TPSA) is 71.1 Å². The Morgan fingerprint density at radius 2 is 1.78 bits per heavy atom. The number of pyridine rings is 1. The molecule has 1 aromatic heterocycles. The Labute approximate surface area is 162 Å². The predicted octanol–water partition coefficient (Wildman–Crippen LogP) is 4.58. The monoisotopic (exact) mass is 389 g/mol. The lowest BCUT2D eigenvalue weighted by atomic mass is 10.1. The van der Waals surface area contributed by atoms with Crippen molar-refractivity contribution in [2.45, 2.75) is 44.6 Å². The zero-order chi connectivity index (χ0) is 19.2. The average Bonchev–Trinajstić information content (AvgIpc) is 2.93. The number of carbonyl (C=O) groups is 2. The fourth-order valence-corrected chi connectivity index (χ4v) is 3.34. The molecule has 0 atom stereocenters. The number of benzene rings is 1. The number of hydrogen-bond acceptors (Lipinski definition) is 3. The summed E-state index contributed by atoms with van der Waals surface area (Å²) >= 11 is 5.73. The van der Waals surface area contributed by atoms with Crippen molar-refractivity contribution in [3.05, 3.63) is 58.6 Å². The lowest BCUT2D eigenvalue weighted by Crippen LogP contribution is -2.35. The molecule has 1 aliphatic carbocycles. The van der Waals surface area contributed by atoms with Crippen LogP contribution in [0.3, 0.4) is 0 Å². The van der Waals surface area contributed by atoms with Gasteiger partial charge in [0, 0.05) is 23.5 Å². The second-order valence-corrected chi connectivity index (χ2v) is 7.08. The van der Waals surface area contributed by atoms with E-state index in [0.29, 0.717) is 5.69 Å². The lowest BCUT2D eigenvalue weighted by molar-refractivity contribution is 0.0928. The summed E-state index contributed by atoms with van der Waals surface area (Å²) in [5, 5.41) is 5.57. The third kappa shape index (κ3) is 5.26. The Balaban J connectivity index is 1.67. The second-order valence-electron chi connectivity index (χ2n) is 6.67. The molecule has 0 unspecified atom stereocenters. The molecule has 2 amide bonds. The Bertz CT molecular complexity index is 836. The van der Waals surface area contributed by atoms with E-state index in [1.165, 1.54) is 49.4 Å². The minimum atomic E-state index is -0.559. The van der Waals surface area contributed by atoms with Crippen molar-refractivity contribution < 1.29 is 14.0 Å². The van der Waals surface area contributed by atoms with Gasteiger partial charge in [0.1, 0.15) is 11.5 Å². The first-order chi connectivity index (χ1) is 13.0. The number of aromatic nitrogens is 1. The Hall–Kier alpha value is -2.47. The highest BCUT2D eigenvalue weighted by Gasteiger charge is 2.18. The molecule has 0 bridgehead atoms. The number of hydrogen-bond donors (Lipinski definition) is 2. The summed E-state index contributed by atoms with van der Waals surface area (Å²) in [6.45, 7) is 0. The number of halogens is 2. The van der Waals surface area contributed by atoms with Crippen LogP contribution >= 0.6 is 11.6 Å². The van der Waals surface area contributed by atoms with E-state index >= 15 is 0 Å². The van der Waals surface area contributed by atoms with Crippen LogP contribution in [0.5, 0.6) is 0 Å². The van der Waals surface area contributed by atoms with Gasteiger partial charge in [0.25, 0.3) is 11.8 Å². The number of rotatable bonds is 4. The van der Waals surface area contributed by atoms with Crippen molar-refractivity contribution in [1.82, 2.24) is 10.3 Å². The minimum Gasteiger partial charge on any atom is -0.348 e. The van der Waals surface area contributed by atoms with Crippen LogP contribution in [-0.2, 0) is 0 Å². The summed E-state index contributed by atoms with van der Waals surface area (Å²) in [6.07, 6.45) is 7.99. The molecule has 1 aromatic carbocycles. The maximum atomic E-state index is 13.2. The first kappa shape index (κ1) is 19.3. The first-order valence-corrected chi connectivity index (χ1v) is 9.44.